The van der Waals surface area contributed by atoms with E-state index in [9.17, 15) is 5.11 Å². The minimum Gasteiger partial charge on any atom is -0.497 e. The van der Waals surface area contributed by atoms with Crippen molar-refractivity contribution in [2.75, 3.05) is 25.7 Å². The predicted octanol–water partition coefficient (Wildman–Crippen LogP) is 4.06. The Morgan fingerprint density at radius 3 is 2.13 bits per heavy atom. The van der Waals surface area contributed by atoms with Crippen molar-refractivity contribution in [3.05, 3.63) is 83.9 Å². The minimum atomic E-state index is -1.18. The molecule has 5 nitrogen and oxygen atoms in total. The molecule has 5 rings (SSSR count). The van der Waals surface area contributed by atoms with E-state index in [0.29, 0.717) is 6.54 Å². The van der Waals surface area contributed by atoms with Gasteiger partial charge in [0.2, 0.25) is 0 Å². The van der Waals surface area contributed by atoms with Crippen LogP contribution in [0.2, 0.25) is 0 Å². The molecule has 0 spiro atoms. The Morgan fingerprint density at radius 1 is 0.833 bits per heavy atom. The second-order valence-corrected chi connectivity index (χ2v) is 7.71. The van der Waals surface area contributed by atoms with E-state index in [2.05, 4.69) is 27.7 Å². The molecule has 0 amide bonds. The number of β-amino-alcohol motifs (C(OH)–C–C–N with tert-alkyl or cyclic N) is 1. The van der Waals surface area contributed by atoms with Crippen molar-refractivity contribution < 1.29 is 19.2 Å². The molecule has 0 saturated heterocycles. The van der Waals surface area contributed by atoms with Crippen LogP contribution >= 0.6 is 0 Å². The lowest BCUT2D eigenvalue weighted by atomic mass is 9.98. The number of para-hydroxylation sites is 1. The van der Waals surface area contributed by atoms with Gasteiger partial charge in [-0.25, -0.2) is 4.90 Å². The molecule has 0 aliphatic carbocycles. The Bertz CT molecular complexity index is 1110. The van der Waals surface area contributed by atoms with Crippen molar-refractivity contribution in [2.45, 2.75) is 18.6 Å². The molecule has 3 aromatic carbocycles. The van der Waals surface area contributed by atoms with Gasteiger partial charge in [-0.15, -0.1) is 0 Å². The number of anilines is 1. The van der Waals surface area contributed by atoms with Crippen LogP contribution in [0.1, 0.15) is 17.5 Å². The maximum Gasteiger partial charge on any atom is 0.275 e. The molecule has 2 heterocycles. The highest BCUT2D eigenvalue weighted by Gasteiger charge is 2.54. The molecule has 2 aliphatic heterocycles. The van der Waals surface area contributed by atoms with E-state index in [4.69, 9.17) is 9.47 Å². The Kier molecular flexibility index (Phi) is 4.48. The van der Waals surface area contributed by atoms with Crippen LogP contribution in [-0.2, 0) is 12.1 Å². The summed E-state index contributed by atoms with van der Waals surface area (Å²) in [5, 5.41) is 12.1. The molecule has 152 valence electrons. The van der Waals surface area contributed by atoms with Crippen LogP contribution in [0.4, 0.5) is 11.4 Å². The van der Waals surface area contributed by atoms with Gasteiger partial charge < -0.3 is 14.6 Å². The molecule has 1 N–H and O–H groups in total. The van der Waals surface area contributed by atoms with Gasteiger partial charge in [0.25, 0.3) is 11.6 Å². The van der Waals surface area contributed by atoms with E-state index in [1.165, 1.54) is 5.56 Å². The summed E-state index contributed by atoms with van der Waals surface area (Å²) in [4.78, 5) is 2.22. The minimum absolute atomic E-state index is 0.440. The molecular weight excluding hydrogens is 376 g/mol. The molecule has 0 saturated carbocycles. The molecular formula is C25H25N2O3+. The molecule has 0 aromatic heterocycles. The number of aryl methyl sites for hydroxylation is 1. The van der Waals surface area contributed by atoms with Gasteiger partial charge in [-0.2, -0.15) is 4.58 Å². The van der Waals surface area contributed by atoms with Crippen molar-refractivity contribution in [2.24, 2.45) is 0 Å². The van der Waals surface area contributed by atoms with Crippen LogP contribution in [0.3, 0.4) is 0 Å². The summed E-state index contributed by atoms with van der Waals surface area (Å²) in [5.74, 6) is 2.70. The van der Waals surface area contributed by atoms with E-state index >= 15 is 0 Å². The number of hydrogen-bond acceptors (Lipinski definition) is 4. The first kappa shape index (κ1) is 18.7. The highest BCUT2D eigenvalue weighted by Crippen LogP contribution is 2.42. The number of nitrogens with zero attached hydrogens (tertiary/aromatic N) is 2. The van der Waals surface area contributed by atoms with Crippen molar-refractivity contribution in [3.8, 4) is 11.5 Å². The van der Waals surface area contributed by atoms with Crippen LogP contribution in [0.25, 0.3) is 0 Å². The fourth-order valence-electron chi connectivity index (χ4n) is 4.57. The zero-order chi connectivity index (χ0) is 20.7. The summed E-state index contributed by atoms with van der Waals surface area (Å²) in [6.45, 7) is 0.440. The lowest BCUT2D eigenvalue weighted by Gasteiger charge is -2.26. The third-order valence-electron chi connectivity index (χ3n) is 6.11. The number of fused-ring (bicyclic) bond motifs is 2. The fraction of sp³-hybridized carbons (Fsp3) is 0.240. The smallest absolute Gasteiger partial charge is 0.275 e. The van der Waals surface area contributed by atoms with Crippen molar-refractivity contribution in [1.82, 2.24) is 0 Å². The Labute approximate surface area is 176 Å². The van der Waals surface area contributed by atoms with Crippen molar-refractivity contribution in [3.63, 3.8) is 0 Å². The van der Waals surface area contributed by atoms with Crippen LogP contribution in [0.5, 0.6) is 11.5 Å². The number of benzene rings is 3. The van der Waals surface area contributed by atoms with Gasteiger partial charge in [0.1, 0.15) is 22.9 Å². The molecule has 0 bridgehead atoms. The van der Waals surface area contributed by atoms with Crippen LogP contribution < -0.4 is 14.4 Å². The van der Waals surface area contributed by atoms with E-state index in [-0.39, 0.29) is 0 Å². The van der Waals surface area contributed by atoms with Crippen molar-refractivity contribution in [1.29, 1.82) is 0 Å². The molecule has 0 radical (unpaired) electrons. The van der Waals surface area contributed by atoms with E-state index in [1.54, 1.807) is 14.2 Å². The molecule has 5 heteroatoms. The topological polar surface area (TPSA) is 44.9 Å². The quantitative estimate of drug-likeness (QED) is 0.670. The van der Waals surface area contributed by atoms with Gasteiger partial charge in [-0.3, -0.25) is 0 Å². The van der Waals surface area contributed by atoms with E-state index in [0.717, 1.165) is 47.1 Å². The summed E-state index contributed by atoms with van der Waals surface area (Å²) in [7, 11) is 3.32. The van der Waals surface area contributed by atoms with Crippen LogP contribution in [0.15, 0.2) is 72.8 Å². The van der Waals surface area contributed by atoms with E-state index < -0.39 is 5.72 Å². The third kappa shape index (κ3) is 2.85. The lowest BCUT2D eigenvalue weighted by molar-refractivity contribution is -0.594. The zero-order valence-electron chi connectivity index (χ0n) is 17.2. The van der Waals surface area contributed by atoms with Crippen LogP contribution in [-0.4, -0.2) is 36.3 Å². The van der Waals surface area contributed by atoms with E-state index in [1.807, 2.05) is 54.6 Å². The molecule has 1 atom stereocenters. The first-order valence-corrected chi connectivity index (χ1v) is 10.2. The lowest BCUT2D eigenvalue weighted by Crippen LogP contribution is -2.39. The first-order chi connectivity index (χ1) is 14.6. The number of methoxy groups -OCH3 is 2. The van der Waals surface area contributed by atoms with Gasteiger partial charge >= 0.3 is 0 Å². The molecule has 1 unspecified atom stereocenters. The maximum absolute atomic E-state index is 12.1. The molecule has 0 fully saturated rings. The summed E-state index contributed by atoms with van der Waals surface area (Å²) in [6.07, 6.45) is 1.81. The average molecular weight is 401 g/mol. The summed E-state index contributed by atoms with van der Waals surface area (Å²) >= 11 is 0. The maximum atomic E-state index is 12.1. The number of hydrogen-bond donors (Lipinski definition) is 1. The summed E-state index contributed by atoms with van der Waals surface area (Å²) < 4.78 is 12.7. The largest absolute Gasteiger partial charge is 0.497 e. The number of amidine groups is 1. The highest BCUT2D eigenvalue weighted by molar-refractivity contribution is 5.97. The fourth-order valence-corrected chi connectivity index (χ4v) is 4.57. The second kappa shape index (κ2) is 7.18. The van der Waals surface area contributed by atoms with Gasteiger partial charge in [-0.05, 0) is 66.6 Å². The normalized spacial score (nSPS) is 20.0. The van der Waals surface area contributed by atoms with Crippen molar-refractivity contribution >= 4 is 17.2 Å². The summed E-state index contributed by atoms with van der Waals surface area (Å²) in [6, 6.07) is 24.1. The standard InChI is InChI=1S/C25H25N2O3/c1-29-21-12-8-19(9-13-21)25(28)17-26(20-10-14-22(30-2)15-11-20)24-16-7-18-5-3-4-6-23(18)27(24)25/h3-6,8-15,28H,7,16-17H2,1-2H3/q+1. The Morgan fingerprint density at radius 2 is 1.47 bits per heavy atom. The Balaban J connectivity index is 1.66. The van der Waals surface area contributed by atoms with Gasteiger partial charge in [-0.1, -0.05) is 18.2 Å². The SMILES string of the molecule is COc1ccc(N2CC(O)(c3ccc(OC)cc3)[N+]3=C2CCc2ccccc23)cc1. The molecule has 2 aliphatic rings. The predicted molar refractivity (Wildman–Crippen MR) is 117 cm³/mol. The number of aliphatic hydroxyl groups is 1. The van der Waals surface area contributed by atoms with Crippen LogP contribution in [0, 0.1) is 0 Å². The van der Waals surface area contributed by atoms with Gasteiger partial charge in [0.15, 0.2) is 6.54 Å². The molecule has 30 heavy (non-hydrogen) atoms. The summed E-state index contributed by atoms with van der Waals surface area (Å²) in [5.41, 5.74) is 3.02. The second-order valence-electron chi connectivity index (χ2n) is 7.71. The number of rotatable bonds is 4. The number of ether oxygens (including phenoxy) is 2. The molecule has 3 aromatic rings. The van der Waals surface area contributed by atoms with Gasteiger partial charge in [0.05, 0.1) is 20.6 Å². The average Bonchev–Trinajstić information content (AvgIpc) is 3.13. The van der Waals surface area contributed by atoms with Gasteiger partial charge in [0, 0.05) is 5.56 Å². The Hall–Kier alpha value is -3.31. The highest BCUT2D eigenvalue weighted by atomic mass is 16.5. The monoisotopic (exact) mass is 401 g/mol. The third-order valence-corrected chi connectivity index (χ3v) is 6.11. The first-order valence-electron chi connectivity index (χ1n) is 10.2. The zero-order valence-corrected chi connectivity index (χ0v) is 17.2.